The van der Waals surface area contributed by atoms with E-state index in [2.05, 4.69) is 4.98 Å². The average Bonchev–Trinajstić information content (AvgIpc) is 2.72. The molecule has 1 heterocycles. The van der Waals surface area contributed by atoms with Crippen molar-refractivity contribution in [3.63, 3.8) is 0 Å². The molecule has 0 spiro atoms. The zero-order valence-corrected chi connectivity index (χ0v) is 8.11. The van der Waals surface area contributed by atoms with Gasteiger partial charge in [0.2, 0.25) is 0 Å². The van der Waals surface area contributed by atoms with Crippen molar-refractivity contribution < 1.29 is 0 Å². The summed E-state index contributed by atoms with van der Waals surface area (Å²) in [4.78, 5) is 4.30. The quantitative estimate of drug-likeness (QED) is 0.749. The first-order valence-electron chi connectivity index (χ1n) is 5.01. The molecule has 3 nitrogen and oxygen atoms in total. The lowest BCUT2D eigenvalue weighted by molar-refractivity contribution is 0.438. The summed E-state index contributed by atoms with van der Waals surface area (Å²) in [6, 6.07) is 0.156. The Labute approximate surface area is 79.0 Å². The van der Waals surface area contributed by atoms with E-state index >= 15 is 0 Å². The molecule has 3 heteroatoms. The molecular formula is C10H17N3. The van der Waals surface area contributed by atoms with Crippen LogP contribution < -0.4 is 5.73 Å². The van der Waals surface area contributed by atoms with Gasteiger partial charge in [0.15, 0.2) is 0 Å². The van der Waals surface area contributed by atoms with Crippen LogP contribution in [0.2, 0.25) is 0 Å². The summed E-state index contributed by atoms with van der Waals surface area (Å²) in [5.74, 6) is 0.662. The predicted octanol–water partition coefficient (Wildman–Crippen LogP) is 1.61. The van der Waals surface area contributed by atoms with Crippen LogP contribution in [0.1, 0.15) is 37.4 Å². The fraction of sp³-hybridized carbons (Fsp3) is 0.700. The number of hydrogen-bond acceptors (Lipinski definition) is 2. The average molecular weight is 179 g/mol. The van der Waals surface area contributed by atoms with E-state index < -0.39 is 0 Å². The molecule has 1 aromatic rings. The van der Waals surface area contributed by atoms with Crippen molar-refractivity contribution in [2.45, 2.75) is 31.7 Å². The van der Waals surface area contributed by atoms with E-state index in [1.54, 1.807) is 0 Å². The molecule has 13 heavy (non-hydrogen) atoms. The van der Waals surface area contributed by atoms with Crippen LogP contribution in [0.3, 0.4) is 0 Å². The molecule has 0 radical (unpaired) electrons. The van der Waals surface area contributed by atoms with E-state index in [1.807, 2.05) is 24.1 Å². The third-order valence-corrected chi connectivity index (χ3v) is 2.97. The van der Waals surface area contributed by atoms with Gasteiger partial charge in [0.25, 0.3) is 0 Å². The lowest BCUT2D eigenvalue weighted by Crippen LogP contribution is -2.19. The highest BCUT2D eigenvalue weighted by molar-refractivity contribution is 5.05. The predicted molar refractivity (Wildman–Crippen MR) is 52.1 cm³/mol. The van der Waals surface area contributed by atoms with E-state index in [9.17, 15) is 0 Å². The van der Waals surface area contributed by atoms with E-state index in [-0.39, 0.29) is 6.04 Å². The number of aryl methyl sites for hydroxylation is 1. The summed E-state index contributed by atoms with van der Waals surface area (Å²) >= 11 is 0. The van der Waals surface area contributed by atoms with Gasteiger partial charge in [-0.15, -0.1) is 0 Å². The summed E-state index contributed by atoms with van der Waals surface area (Å²) < 4.78 is 1.96. The van der Waals surface area contributed by atoms with Crippen LogP contribution in [0.25, 0.3) is 0 Å². The van der Waals surface area contributed by atoms with Crippen molar-refractivity contribution >= 4 is 0 Å². The second-order valence-corrected chi connectivity index (χ2v) is 4.03. The third-order valence-electron chi connectivity index (χ3n) is 2.97. The highest BCUT2D eigenvalue weighted by atomic mass is 15.0. The molecule has 2 rings (SSSR count). The normalized spacial score (nSPS) is 20.8. The van der Waals surface area contributed by atoms with Gasteiger partial charge in [0.1, 0.15) is 0 Å². The summed E-state index contributed by atoms with van der Waals surface area (Å²) in [5.41, 5.74) is 7.19. The number of hydrogen-bond donors (Lipinski definition) is 1. The smallest absolute Gasteiger partial charge is 0.0947 e. The van der Waals surface area contributed by atoms with Crippen LogP contribution in [0, 0.1) is 5.92 Å². The molecule has 1 fully saturated rings. The van der Waals surface area contributed by atoms with E-state index in [1.165, 1.54) is 25.7 Å². The molecular weight excluding hydrogens is 162 g/mol. The van der Waals surface area contributed by atoms with Crippen LogP contribution in [0.15, 0.2) is 12.5 Å². The number of nitrogens with two attached hydrogens (primary N) is 1. The van der Waals surface area contributed by atoms with E-state index in [0.29, 0.717) is 5.92 Å². The Bertz CT molecular complexity index is 273. The maximum absolute atomic E-state index is 6.14. The molecule has 1 aliphatic carbocycles. The number of rotatable bonds is 2. The van der Waals surface area contributed by atoms with Crippen LogP contribution in [0.5, 0.6) is 0 Å². The summed E-state index contributed by atoms with van der Waals surface area (Å²) in [5, 5.41) is 0. The van der Waals surface area contributed by atoms with Crippen molar-refractivity contribution in [2.24, 2.45) is 18.7 Å². The van der Waals surface area contributed by atoms with Gasteiger partial charge in [-0.1, -0.05) is 12.8 Å². The molecule has 1 atom stereocenters. The zero-order chi connectivity index (χ0) is 9.26. The van der Waals surface area contributed by atoms with Gasteiger partial charge in [-0.2, -0.15) is 0 Å². The first kappa shape index (κ1) is 8.75. The lowest BCUT2D eigenvalue weighted by atomic mass is 9.97. The molecule has 1 unspecified atom stereocenters. The molecule has 2 N–H and O–H groups in total. The SMILES string of the molecule is Cn1cnc(C(N)C2CCCC2)c1. The number of nitrogens with zero attached hydrogens (tertiary/aromatic N) is 2. The first-order valence-corrected chi connectivity index (χ1v) is 5.01. The third kappa shape index (κ3) is 1.75. The molecule has 1 aliphatic rings. The van der Waals surface area contributed by atoms with E-state index in [0.717, 1.165) is 5.69 Å². The molecule has 0 aromatic carbocycles. The highest BCUT2D eigenvalue weighted by Crippen LogP contribution is 2.33. The topological polar surface area (TPSA) is 43.8 Å². The Morgan fingerprint density at radius 2 is 2.23 bits per heavy atom. The molecule has 0 amide bonds. The Balaban J connectivity index is 2.07. The molecule has 1 saturated carbocycles. The minimum Gasteiger partial charge on any atom is -0.340 e. The molecule has 72 valence electrons. The van der Waals surface area contributed by atoms with Crippen molar-refractivity contribution in [1.29, 1.82) is 0 Å². The zero-order valence-electron chi connectivity index (χ0n) is 8.11. The Morgan fingerprint density at radius 1 is 1.54 bits per heavy atom. The molecule has 0 bridgehead atoms. The van der Waals surface area contributed by atoms with Crippen molar-refractivity contribution in [3.05, 3.63) is 18.2 Å². The standard InChI is InChI=1S/C10H17N3/c1-13-6-9(12-7-13)10(11)8-4-2-3-5-8/h6-8,10H,2-5,11H2,1H3. The minimum absolute atomic E-state index is 0.156. The highest BCUT2D eigenvalue weighted by Gasteiger charge is 2.24. The lowest BCUT2D eigenvalue weighted by Gasteiger charge is -2.15. The van der Waals surface area contributed by atoms with Crippen molar-refractivity contribution in [2.75, 3.05) is 0 Å². The molecule has 0 saturated heterocycles. The fourth-order valence-corrected chi connectivity index (χ4v) is 2.16. The van der Waals surface area contributed by atoms with Crippen LogP contribution in [-0.2, 0) is 7.05 Å². The minimum atomic E-state index is 0.156. The second kappa shape index (κ2) is 3.50. The maximum atomic E-state index is 6.14. The Morgan fingerprint density at radius 3 is 2.77 bits per heavy atom. The van der Waals surface area contributed by atoms with E-state index in [4.69, 9.17) is 5.73 Å². The molecule has 0 aliphatic heterocycles. The van der Waals surface area contributed by atoms with Gasteiger partial charge in [-0.05, 0) is 18.8 Å². The first-order chi connectivity index (χ1) is 6.27. The number of imidazole rings is 1. The Hall–Kier alpha value is -0.830. The number of aromatic nitrogens is 2. The van der Waals surface area contributed by atoms with Gasteiger partial charge in [-0.3, -0.25) is 0 Å². The van der Waals surface area contributed by atoms with Gasteiger partial charge in [0, 0.05) is 13.2 Å². The molecule has 1 aromatic heterocycles. The second-order valence-electron chi connectivity index (χ2n) is 4.03. The van der Waals surface area contributed by atoms with Crippen molar-refractivity contribution in [1.82, 2.24) is 9.55 Å². The van der Waals surface area contributed by atoms with Gasteiger partial charge in [0.05, 0.1) is 18.1 Å². The van der Waals surface area contributed by atoms with Crippen LogP contribution in [-0.4, -0.2) is 9.55 Å². The summed E-state index contributed by atoms with van der Waals surface area (Å²) in [6.07, 6.45) is 9.08. The summed E-state index contributed by atoms with van der Waals surface area (Å²) in [6.45, 7) is 0. The monoisotopic (exact) mass is 179 g/mol. The van der Waals surface area contributed by atoms with Crippen LogP contribution in [0.4, 0.5) is 0 Å². The fourth-order valence-electron chi connectivity index (χ4n) is 2.16. The Kier molecular flexibility index (Phi) is 2.36. The van der Waals surface area contributed by atoms with Gasteiger partial charge >= 0.3 is 0 Å². The largest absolute Gasteiger partial charge is 0.340 e. The van der Waals surface area contributed by atoms with Crippen molar-refractivity contribution in [3.8, 4) is 0 Å². The van der Waals surface area contributed by atoms with Gasteiger partial charge in [-0.25, -0.2) is 4.98 Å². The summed E-state index contributed by atoms with van der Waals surface area (Å²) in [7, 11) is 1.98. The maximum Gasteiger partial charge on any atom is 0.0947 e. The van der Waals surface area contributed by atoms with Crippen LogP contribution >= 0.6 is 0 Å². The van der Waals surface area contributed by atoms with Gasteiger partial charge < -0.3 is 10.3 Å².